The van der Waals surface area contributed by atoms with Crippen LogP contribution in [-0.2, 0) is 14.8 Å². The van der Waals surface area contributed by atoms with Crippen LogP contribution in [0.3, 0.4) is 0 Å². The molecule has 150 valence electrons. The van der Waals surface area contributed by atoms with Crippen molar-refractivity contribution in [3.63, 3.8) is 0 Å². The van der Waals surface area contributed by atoms with Crippen LogP contribution in [0.2, 0.25) is 10.0 Å². The lowest BCUT2D eigenvalue weighted by Crippen LogP contribution is -2.41. The maximum Gasteiger partial charge on any atom is 0.243 e. The molecule has 1 aliphatic heterocycles. The Bertz CT molecular complexity index is 956. The third kappa shape index (κ3) is 4.60. The molecule has 28 heavy (non-hydrogen) atoms. The number of carbonyl (C=O) groups excluding carboxylic acids is 1. The van der Waals surface area contributed by atoms with Gasteiger partial charge in [0.15, 0.2) is 0 Å². The minimum absolute atomic E-state index is 0.175. The van der Waals surface area contributed by atoms with E-state index in [4.69, 9.17) is 27.9 Å². The van der Waals surface area contributed by atoms with Crippen LogP contribution in [0.25, 0.3) is 0 Å². The Kier molecular flexibility index (Phi) is 6.50. The third-order valence-electron chi connectivity index (χ3n) is 4.71. The van der Waals surface area contributed by atoms with Crippen LogP contribution < -0.4 is 10.1 Å². The summed E-state index contributed by atoms with van der Waals surface area (Å²) in [6, 6.07) is 11.1. The monoisotopic (exact) mass is 442 g/mol. The third-order valence-corrected chi connectivity index (χ3v) is 7.17. The molecular formula is C19H20Cl2N2O4S. The van der Waals surface area contributed by atoms with Crippen molar-refractivity contribution >= 4 is 44.8 Å². The fourth-order valence-corrected chi connectivity index (χ4v) is 5.01. The quantitative estimate of drug-likeness (QED) is 0.757. The number of nitrogens with one attached hydrogen (secondary N) is 1. The topological polar surface area (TPSA) is 75.7 Å². The molecule has 1 heterocycles. The summed E-state index contributed by atoms with van der Waals surface area (Å²) in [7, 11) is -2.07. The number of anilines is 1. The van der Waals surface area contributed by atoms with Crippen LogP contribution in [0.4, 0.5) is 5.69 Å². The van der Waals surface area contributed by atoms with Crippen LogP contribution in [0.15, 0.2) is 47.4 Å². The number of rotatable bonds is 5. The fourth-order valence-electron chi connectivity index (χ4n) is 3.08. The van der Waals surface area contributed by atoms with Crippen molar-refractivity contribution in [3.05, 3.63) is 52.5 Å². The van der Waals surface area contributed by atoms with Gasteiger partial charge >= 0.3 is 0 Å². The van der Waals surface area contributed by atoms with E-state index in [1.165, 1.54) is 23.5 Å². The Morgan fingerprint density at radius 1 is 1.11 bits per heavy atom. The number of nitrogens with zero attached hydrogens (tertiary/aromatic N) is 1. The number of amides is 1. The van der Waals surface area contributed by atoms with Crippen molar-refractivity contribution in [1.29, 1.82) is 0 Å². The Labute approximate surface area is 174 Å². The second-order valence-corrected chi connectivity index (χ2v) is 9.25. The standard InChI is InChI=1S/C19H20Cl2N2O4S/c1-27-15-3-5-16(6-4-15)28(25,26)23-10-8-13(9-11-23)19(24)22-18-7-2-14(20)12-17(18)21/h2-7,12-13H,8-11H2,1H3,(H,22,24). The van der Waals surface area contributed by atoms with Gasteiger partial charge in [-0.15, -0.1) is 0 Å². The molecule has 0 unspecified atom stereocenters. The van der Waals surface area contributed by atoms with Crippen LogP contribution in [-0.4, -0.2) is 38.8 Å². The minimum atomic E-state index is -3.60. The van der Waals surface area contributed by atoms with E-state index in [-0.39, 0.29) is 29.8 Å². The number of sulfonamides is 1. The molecule has 2 aromatic rings. The second-order valence-electron chi connectivity index (χ2n) is 6.47. The Balaban J connectivity index is 1.62. The van der Waals surface area contributed by atoms with E-state index < -0.39 is 10.0 Å². The molecule has 0 spiro atoms. The van der Waals surface area contributed by atoms with Crippen LogP contribution in [0.5, 0.6) is 5.75 Å². The molecule has 0 radical (unpaired) electrons. The average molecular weight is 443 g/mol. The SMILES string of the molecule is COc1ccc(S(=O)(=O)N2CCC(C(=O)Nc3ccc(Cl)cc3Cl)CC2)cc1. The zero-order valence-electron chi connectivity index (χ0n) is 15.2. The average Bonchev–Trinajstić information content (AvgIpc) is 2.70. The van der Waals surface area contributed by atoms with Crippen LogP contribution >= 0.6 is 23.2 Å². The van der Waals surface area contributed by atoms with Gasteiger partial charge in [0.25, 0.3) is 0 Å². The van der Waals surface area contributed by atoms with Gasteiger partial charge in [0.2, 0.25) is 15.9 Å². The van der Waals surface area contributed by atoms with E-state index in [9.17, 15) is 13.2 Å². The summed E-state index contributed by atoms with van der Waals surface area (Å²) in [6.07, 6.45) is 0.874. The van der Waals surface area contributed by atoms with E-state index in [2.05, 4.69) is 5.32 Å². The van der Waals surface area contributed by atoms with Gasteiger partial charge < -0.3 is 10.1 Å². The second kappa shape index (κ2) is 8.69. The number of carbonyl (C=O) groups is 1. The van der Waals surface area contributed by atoms with Gasteiger partial charge in [0.05, 0.1) is 22.7 Å². The van der Waals surface area contributed by atoms with E-state index in [0.29, 0.717) is 34.3 Å². The van der Waals surface area contributed by atoms with Gasteiger partial charge in [-0.3, -0.25) is 4.79 Å². The van der Waals surface area contributed by atoms with Gasteiger partial charge in [0, 0.05) is 24.0 Å². The minimum Gasteiger partial charge on any atom is -0.497 e. The number of ether oxygens (including phenoxy) is 1. The van der Waals surface area contributed by atoms with Crippen molar-refractivity contribution in [2.75, 3.05) is 25.5 Å². The summed E-state index contributed by atoms with van der Waals surface area (Å²) in [5.74, 6) is 0.134. The number of halogens is 2. The Morgan fingerprint density at radius 3 is 2.32 bits per heavy atom. The molecular weight excluding hydrogens is 423 g/mol. The van der Waals surface area contributed by atoms with Gasteiger partial charge in [-0.05, 0) is 55.3 Å². The normalized spacial score (nSPS) is 16.0. The molecule has 1 amide bonds. The molecule has 1 saturated heterocycles. The van der Waals surface area contributed by atoms with Gasteiger partial charge in [0.1, 0.15) is 5.75 Å². The lowest BCUT2D eigenvalue weighted by molar-refractivity contribution is -0.120. The van der Waals surface area contributed by atoms with Crippen molar-refractivity contribution in [1.82, 2.24) is 4.31 Å². The first kappa shape index (κ1) is 20.9. The molecule has 2 aromatic carbocycles. The molecule has 3 rings (SSSR count). The van der Waals surface area contributed by atoms with Gasteiger partial charge in [-0.2, -0.15) is 4.31 Å². The van der Waals surface area contributed by atoms with Crippen molar-refractivity contribution in [3.8, 4) is 5.75 Å². The maximum absolute atomic E-state index is 12.8. The summed E-state index contributed by atoms with van der Waals surface area (Å²) in [5.41, 5.74) is 0.490. The lowest BCUT2D eigenvalue weighted by atomic mass is 9.97. The Hall–Kier alpha value is -1.80. The summed E-state index contributed by atoms with van der Waals surface area (Å²) in [6.45, 7) is 0.557. The van der Waals surface area contributed by atoms with E-state index in [0.717, 1.165) is 0 Å². The Morgan fingerprint density at radius 2 is 1.75 bits per heavy atom. The number of hydrogen-bond donors (Lipinski definition) is 1. The highest BCUT2D eigenvalue weighted by molar-refractivity contribution is 7.89. The summed E-state index contributed by atoms with van der Waals surface area (Å²) in [5, 5.41) is 3.64. The van der Waals surface area contributed by atoms with Crippen LogP contribution in [0.1, 0.15) is 12.8 Å². The van der Waals surface area contributed by atoms with Crippen molar-refractivity contribution in [2.24, 2.45) is 5.92 Å². The first-order valence-corrected chi connectivity index (χ1v) is 10.9. The highest BCUT2D eigenvalue weighted by Gasteiger charge is 2.32. The first-order valence-electron chi connectivity index (χ1n) is 8.71. The first-order chi connectivity index (χ1) is 13.3. The van der Waals surface area contributed by atoms with E-state index in [1.54, 1.807) is 30.3 Å². The highest BCUT2D eigenvalue weighted by Crippen LogP contribution is 2.29. The zero-order valence-corrected chi connectivity index (χ0v) is 17.5. The number of methoxy groups -OCH3 is 1. The summed E-state index contributed by atoms with van der Waals surface area (Å²) in [4.78, 5) is 12.7. The van der Waals surface area contributed by atoms with E-state index in [1.807, 2.05) is 0 Å². The summed E-state index contributed by atoms with van der Waals surface area (Å²) < 4.78 is 32.0. The smallest absolute Gasteiger partial charge is 0.243 e. The molecule has 6 nitrogen and oxygen atoms in total. The molecule has 0 aromatic heterocycles. The largest absolute Gasteiger partial charge is 0.497 e. The molecule has 1 aliphatic rings. The van der Waals surface area contributed by atoms with E-state index >= 15 is 0 Å². The predicted molar refractivity (Wildman–Crippen MR) is 110 cm³/mol. The molecule has 0 atom stereocenters. The van der Waals surface area contributed by atoms with Gasteiger partial charge in [-0.1, -0.05) is 23.2 Å². The molecule has 0 bridgehead atoms. The molecule has 1 N–H and O–H groups in total. The van der Waals surface area contributed by atoms with Gasteiger partial charge in [-0.25, -0.2) is 8.42 Å². The molecule has 0 aliphatic carbocycles. The maximum atomic E-state index is 12.8. The van der Waals surface area contributed by atoms with Crippen molar-refractivity contribution in [2.45, 2.75) is 17.7 Å². The molecule has 1 fully saturated rings. The molecule has 9 heteroatoms. The number of hydrogen-bond acceptors (Lipinski definition) is 4. The fraction of sp³-hybridized carbons (Fsp3) is 0.316. The van der Waals surface area contributed by atoms with Crippen molar-refractivity contribution < 1.29 is 17.9 Å². The zero-order chi connectivity index (χ0) is 20.3. The lowest BCUT2D eigenvalue weighted by Gasteiger charge is -2.30. The molecule has 0 saturated carbocycles. The van der Waals surface area contributed by atoms with Crippen LogP contribution in [0, 0.1) is 5.92 Å². The number of benzene rings is 2. The highest BCUT2D eigenvalue weighted by atomic mass is 35.5. The summed E-state index contributed by atoms with van der Waals surface area (Å²) >= 11 is 12.0. The number of piperidine rings is 1. The predicted octanol–water partition coefficient (Wildman–Crippen LogP) is 4.04.